The molecule has 0 saturated carbocycles. The molecule has 126 valence electrons. The van der Waals surface area contributed by atoms with Crippen LogP contribution in [0.5, 0.6) is 11.5 Å². The molecule has 7 heteroatoms. The Morgan fingerprint density at radius 3 is 2.84 bits per heavy atom. The highest BCUT2D eigenvalue weighted by atomic mass is 35.5. The predicted molar refractivity (Wildman–Crippen MR) is 95.6 cm³/mol. The summed E-state index contributed by atoms with van der Waals surface area (Å²) in [6.45, 7) is 1.73. The summed E-state index contributed by atoms with van der Waals surface area (Å²) in [6, 6.07) is 5.27. The molecule has 1 aromatic heterocycles. The molecular weight excluding hydrogens is 342 g/mol. The Bertz CT molecular complexity index is 965. The number of hydrogen-bond acceptors (Lipinski definition) is 5. The Morgan fingerprint density at radius 1 is 1.44 bits per heavy atom. The average molecular weight is 356 g/mol. The second-order valence-electron chi connectivity index (χ2n) is 4.91. The summed E-state index contributed by atoms with van der Waals surface area (Å²) in [6.07, 6.45) is 8.58. The van der Waals surface area contributed by atoms with Gasteiger partial charge in [-0.1, -0.05) is 23.6 Å². The Hall–Kier alpha value is -3.22. The number of nitrogens with zero attached hydrogens (tertiary/aromatic N) is 2. The van der Waals surface area contributed by atoms with Gasteiger partial charge in [0.2, 0.25) is 0 Å². The number of rotatable bonds is 5. The maximum absolute atomic E-state index is 11.5. The van der Waals surface area contributed by atoms with E-state index in [9.17, 15) is 4.79 Å². The van der Waals surface area contributed by atoms with Gasteiger partial charge in [0.25, 0.3) is 5.56 Å². The molecule has 1 aromatic carbocycles. The minimum Gasteiger partial charge on any atom is -0.493 e. The minimum atomic E-state index is -0.517. The fourth-order valence-electron chi connectivity index (χ4n) is 2.11. The second kappa shape index (κ2) is 8.05. The molecule has 0 fully saturated rings. The smallest absolute Gasteiger partial charge is 0.282 e. The number of aromatic nitrogens is 2. The molecule has 2 aromatic rings. The van der Waals surface area contributed by atoms with Crippen molar-refractivity contribution in [3.8, 4) is 29.9 Å². The molecule has 0 atom stereocenters. The molecule has 1 N–H and O–H groups in total. The van der Waals surface area contributed by atoms with Crippen molar-refractivity contribution in [3.63, 3.8) is 0 Å². The van der Waals surface area contributed by atoms with Gasteiger partial charge in [0, 0.05) is 0 Å². The summed E-state index contributed by atoms with van der Waals surface area (Å²) >= 11 is 6.22. The van der Waals surface area contributed by atoms with Crippen molar-refractivity contribution in [2.75, 3.05) is 13.7 Å². The monoisotopic (exact) mass is 355 g/mol. The van der Waals surface area contributed by atoms with Crippen LogP contribution < -0.4 is 15.0 Å². The maximum atomic E-state index is 11.5. The molecule has 0 aliphatic carbocycles. The Labute approximate surface area is 149 Å². The SMILES string of the molecule is C#CCOc1c(Cl)cc(/C=C/c2n[nH]c(=O)c(C#N)c2C)cc1OC. The summed E-state index contributed by atoms with van der Waals surface area (Å²) in [5.41, 5.74) is 1.20. The molecule has 0 spiro atoms. The standard InChI is InChI=1S/C18H14ClN3O3/c1-4-7-25-17-14(19)8-12(9-16(17)24-3)5-6-15-11(2)13(10-20)18(23)22-21-15/h1,5-6,8-9H,7H2,2-3H3,(H,22,23)/b6-5+. The highest BCUT2D eigenvalue weighted by molar-refractivity contribution is 6.32. The Morgan fingerprint density at radius 2 is 2.20 bits per heavy atom. The number of H-pyrrole nitrogens is 1. The van der Waals surface area contributed by atoms with Crippen LogP contribution in [-0.4, -0.2) is 23.9 Å². The van der Waals surface area contributed by atoms with E-state index < -0.39 is 5.56 Å². The zero-order valence-corrected chi connectivity index (χ0v) is 14.3. The minimum absolute atomic E-state index is 0.0308. The highest BCUT2D eigenvalue weighted by Crippen LogP contribution is 2.36. The van der Waals surface area contributed by atoms with Gasteiger partial charge in [-0.15, -0.1) is 6.42 Å². The van der Waals surface area contributed by atoms with Crippen molar-refractivity contribution in [1.29, 1.82) is 5.26 Å². The first-order chi connectivity index (χ1) is 12.0. The maximum Gasteiger partial charge on any atom is 0.282 e. The molecule has 0 amide bonds. The van der Waals surface area contributed by atoms with Crippen molar-refractivity contribution in [2.45, 2.75) is 6.92 Å². The molecule has 0 aliphatic rings. The third-order valence-corrected chi connectivity index (χ3v) is 3.64. The number of nitrogens with one attached hydrogen (secondary N) is 1. The number of hydrogen-bond donors (Lipinski definition) is 1. The van der Waals surface area contributed by atoms with Gasteiger partial charge in [-0.25, -0.2) is 5.10 Å². The summed E-state index contributed by atoms with van der Waals surface area (Å²) in [4.78, 5) is 11.5. The highest BCUT2D eigenvalue weighted by Gasteiger charge is 2.11. The molecule has 6 nitrogen and oxygen atoms in total. The van der Waals surface area contributed by atoms with E-state index in [2.05, 4.69) is 16.1 Å². The van der Waals surface area contributed by atoms with Crippen LogP contribution in [0.25, 0.3) is 12.2 Å². The summed E-state index contributed by atoms with van der Waals surface area (Å²) < 4.78 is 10.7. The topological polar surface area (TPSA) is 88.0 Å². The zero-order chi connectivity index (χ0) is 18.4. The van der Waals surface area contributed by atoms with Crippen LogP contribution in [0.2, 0.25) is 5.02 Å². The van der Waals surface area contributed by atoms with Crippen LogP contribution in [0.1, 0.15) is 22.4 Å². The van der Waals surface area contributed by atoms with Gasteiger partial charge < -0.3 is 9.47 Å². The first-order valence-electron chi connectivity index (χ1n) is 7.13. The van der Waals surface area contributed by atoms with Gasteiger partial charge in [0.15, 0.2) is 11.5 Å². The molecule has 0 bridgehead atoms. The number of benzene rings is 1. The number of ether oxygens (including phenoxy) is 2. The lowest BCUT2D eigenvalue weighted by Gasteiger charge is -2.11. The van der Waals surface area contributed by atoms with Crippen molar-refractivity contribution < 1.29 is 9.47 Å². The lowest BCUT2D eigenvalue weighted by molar-refractivity contribution is 0.331. The van der Waals surface area contributed by atoms with E-state index >= 15 is 0 Å². The fraction of sp³-hybridized carbons (Fsp3) is 0.167. The van der Waals surface area contributed by atoms with Crippen LogP contribution in [0.15, 0.2) is 16.9 Å². The predicted octanol–water partition coefficient (Wildman–Crippen LogP) is 2.79. The van der Waals surface area contributed by atoms with Gasteiger partial charge in [-0.05, 0) is 36.3 Å². The first kappa shape index (κ1) is 18.1. The van der Waals surface area contributed by atoms with E-state index in [4.69, 9.17) is 32.8 Å². The first-order valence-corrected chi connectivity index (χ1v) is 7.50. The van der Waals surface area contributed by atoms with E-state index in [1.165, 1.54) is 7.11 Å². The van der Waals surface area contributed by atoms with E-state index in [-0.39, 0.29) is 12.2 Å². The van der Waals surface area contributed by atoms with Crippen LogP contribution in [0.4, 0.5) is 0 Å². The number of terminal acetylenes is 1. The zero-order valence-electron chi connectivity index (χ0n) is 13.6. The van der Waals surface area contributed by atoms with Crippen LogP contribution in [0.3, 0.4) is 0 Å². The van der Waals surface area contributed by atoms with Crippen LogP contribution in [0, 0.1) is 30.6 Å². The molecule has 2 rings (SSSR count). The summed E-state index contributed by atoms with van der Waals surface area (Å²) in [7, 11) is 1.49. The van der Waals surface area contributed by atoms with Crippen molar-refractivity contribution in [3.05, 3.63) is 49.9 Å². The molecule has 0 unspecified atom stereocenters. The van der Waals surface area contributed by atoms with E-state index in [1.807, 2.05) is 6.07 Å². The van der Waals surface area contributed by atoms with Crippen molar-refractivity contribution in [1.82, 2.24) is 10.2 Å². The van der Waals surface area contributed by atoms with E-state index in [0.717, 1.165) is 5.56 Å². The quantitative estimate of drug-likeness (QED) is 0.833. The molecule has 0 radical (unpaired) electrons. The van der Waals surface area contributed by atoms with E-state index in [0.29, 0.717) is 27.8 Å². The number of methoxy groups -OCH3 is 1. The van der Waals surface area contributed by atoms with Gasteiger partial charge in [0.05, 0.1) is 17.8 Å². The third kappa shape index (κ3) is 4.00. The van der Waals surface area contributed by atoms with Gasteiger partial charge in [-0.2, -0.15) is 10.4 Å². The number of aromatic amines is 1. The third-order valence-electron chi connectivity index (χ3n) is 3.36. The molecule has 0 aliphatic heterocycles. The van der Waals surface area contributed by atoms with Gasteiger partial charge >= 0.3 is 0 Å². The largest absolute Gasteiger partial charge is 0.493 e. The van der Waals surface area contributed by atoms with Crippen molar-refractivity contribution in [2.24, 2.45) is 0 Å². The van der Waals surface area contributed by atoms with E-state index in [1.54, 1.807) is 31.2 Å². The van der Waals surface area contributed by atoms with Gasteiger partial charge in [0.1, 0.15) is 18.2 Å². The second-order valence-corrected chi connectivity index (χ2v) is 5.32. The molecule has 0 saturated heterocycles. The summed E-state index contributed by atoms with van der Waals surface area (Å²) in [5.74, 6) is 3.17. The van der Waals surface area contributed by atoms with Crippen molar-refractivity contribution >= 4 is 23.8 Å². The Kier molecular flexibility index (Phi) is 5.84. The lowest BCUT2D eigenvalue weighted by atomic mass is 10.1. The lowest BCUT2D eigenvalue weighted by Crippen LogP contribution is -2.15. The summed E-state index contributed by atoms with van der Waals surface area (Å²) in [5, 5.41) is 15.6. The molecule has 25 heavy (non-hydrogen) atoms. The fourth-order valence-corrected chi connectivity index (χ4v) is 2.38. The number of halogens is 1. The average Bonchev–Trinajstić information content (AvgIpc) is 2.60. The van der Waals surface area contributed by atoms with Crippen LogP contribution in [-0.2, 0) is 0 Å². The van der Waals surface area contributed by atoms with Gasteiger partial charge in [-0.3, -0.25) is 4.79 Å². The molecule has 1 heterocycles. The molecular formula is C18H14ClN3O3. The Balaban J connectivity index is 2.40. The normalized spacial score (nSPS) is 10.3. The van der Waals surface area contributed by atoms with Crippen LogP contribution >= 0.6 is 11.6 Å². The number of nitriles is 1.